The maximum atomic E-state index is 6.14. The molecular weight excluding hydrogens is 284 g/mol. The molecule has 120 valence electrons. The molecule has 4 heteroatoms. The molecule has 0 fully saturated rings. The summed E-state index contributed by atoms with van der Waals surface area (Å²) in [6.07, 6.45) is 0. The average Bonchev–Trinajstić information content (AvgIpc) is 2.91. The fraction of sp³-hybridized carbons (Fsp3) is 0.316. The molecule has 3 rings (SSSR count). The Labute approximate surface area is 137 Å². The van der Waals surface area contributed by atoms with Crippen molar-refractivity contribution in [3.05, 3.63) is 48.5 Å². The van der Waals surface area contributed by atoms with E-state index in [1.165, 1.54) is 11.1 Å². The molecule has 1 aromatic heterocycles. The lowest BCUT2D eigenvalue weighted by atomic mass is 10.1. The van der Waals surface area contributed by atoms with Gasteiger partial charge in [0, 0.05) is 13.1 Å². The third-order valence-corrected chi connectivity index (χ3v) is 4.42. The number of hydrogen-bond acceptors (Lipinski definition) is 3. The Hall–Kier alpha value is -2.33. The summed E-state index contributed by atoms with van der Waals surface area (Å²) >= 11 is 0. The van der Waals surface area contributed by atoms with Crippen LogP contribution in [-0.2, 0) is 6.54 Å². The standard InChI is InChI=1S/C19H24N4/c1-3-22(4-2)12-13-23-18-14-16(15-8-6-5-7-9-15)10-11-17(18)21-19(23)20/h5-11,14H,3-4,12-13H2,1-2H3,(H2,20,21). The zero-order valence-electron chi connectivity index (χ0n) is 13.9. The predicted molar refractivity (Wildman–Crippen MR) is 97.4 cm³/mol. The van der Waals surface area contributed by atoms with Gasteiger partial charge in [-0.2, -0.15) is 0 Å². The van der Waals surface area contributed by atoms with Crippen LogP contribution in [0.3, 0.4) is 0 Å². The van der Waals surface area contributed by atoms with Gasteiger partial charge in [-0.1, -0.05) is 50.2 Å². The highest BCUT2D eigenvalue weighted by atomic mass is 15.2. The molecule has 0 radical (unpaired) electrons. The summed E-state index contributed by atoms with van der Waals surface area (Å²) < 4.78 is 2.13. The number of nitrogens with zero attached hydrogens (tertiary/aromatic N) is 3. The van der Waals surface area contributed by atoms with Crippen LogP contribution in [0.2, 0.25) is 0 Å². The van der Waals surface area contributed by atoms with Crippen molar-refractivity contribution in [2.45, 2.75) is 20.4 Å². The van der Waals surface area contributed by atoms with Gasteiger partial charge in [0.25, 0.3) is 0 Å². The van der Waals surface area contributed by atoms with Crippen LogP contribution in [0.5, 0.6) is 0 Å². The van der Waals surface area contributed by atoms with Gasteiger partial charge in [0.05, 0.1) is 11.0 Å². The van der Waals surface area contributed by atoms with Gasteiger partial charge in [-0.15, -0.1) is 0 Å². The van der Waals surface area contributed by atoms with Crippen molar-refractivity contribution in [2.75, 3.05) is 25.4 Å². The van der Waals surface area contributed by atoms with Gasteiger partial charge in [0.1, 0.15) is 0 Å². The number of rotatable bonds is 6. The van der Waals surface area contributed by atoms with Crippen LogP contribution < -0.4 is 5.73 Å². The van der Waals surface area contributed by atoms with Crippen molar-refractivity contribution < 1.29 is 0 Å². The van der Waals surface area contributed by atoms with Gasteiger partial charge in [0.2, 0.25) is 5.95 Å². The normalized spacial score (nSPS) is 11.4. The quantitative estimate of drug-likeness (QED) is 0.756. The first-order chi connectivity index (χ1) is 11.2. The largest absolute Gasteiger partial charge is 0.369 e. The molecule has 0 unspecified atom stereocenters. The zero-order valence-corrected chi connectivity index (χ0v) is 13.9. The number of benzene rings is 2. The Morgan fingerprint density at radius 2 is 1.74 bits per heavy atom. The van der Waals surface area contributed by atoms with E-state index in [0.29, 0.717) is 5.95 Å². The molecule has 1 heterocycles. The van der Waals surface area contributed by atoms with Crippen molar-refractivity contribution >= 4 is 17.0 Å². The minimum Gasteiger partial charge on any atom is -0.369 e. The molecule has 0 saturated carbocycles. The smallest absolute Gasteiger partial charge is 0.201 e. The lowest BCUT2D eigenvalue weighted by Crippen LogP contribution is -2.27. The van der Waals surface area contributed by atoms with E-state index in [1.54, 1.807) is 0 Å². The molecule has 0 aliphatic rings. The molecule has 0 aliphatic carbocycles. The molecule has 4 nitrogen and oxygen atoms in total. The van der Waals surface area contributed by atoms with Gasteiger partial charge in [-0.3, -0.25) is 0 Å². The first-order valence-electron chi connectivity index (χ1n) is 8.26. The monoisotopic (exact) mass is 308 g/mol. The summed E-state index contributed by atoms with van der Waals surface area (Å²) in [5, 5.41) is 0. The average molecular weight is 308 g/mol. The highest BCUT2D eigenvalue weighted by molar-refractivity contribution is 5.84. The molecule has 0 saturated heterocycles. The van der Waals surface area contributed by atoms with Gasteiger partial charge in [-0.05, 0) is 36.3 Å². The van der Waals surface area contributed by atoms with Gasteiger partial charge in [-0.25, -0.2) is 4.98 Å². The zero-order chi connectivity index (χ0) is 16.2. The summed E-state index contributed by atoms with van der Waals surface area (Å²) in [5.41, 5.74) is 10.6. The Morgan fingerprint density at radius 1 is 1.00 bits per heavy atom. The molecule has 3 aromatic rings. The fourth-order valence-corrected chi connectivity index (χ4v) is 2.97. The second kappa shape index (κ2) is 6.84. The SMILES string of the molecule is CCN(CC)CCn1c(N)nc2ccc(-c3ccccc3)cc21. The fourth-order valence-electron chi connectivity index (χ4n) is 2.97. The van der Waals surface area contributed by atoms with E-state index in [-0.39, 0.29) is 0 Å². The van der Waals surface area contributed by atoms with Crippen molar-refractivity contribution in [2.24, 2.45) is 0 Å². The summed E-state index contributed by atoms with van der Waals surface area (Å²) in [4.78, 5) is 6.89. The van der Waals surface area contributed by atoms with Gasteiger partial charge in [0.15, 0.2) is 0 Å². The summed E-state index contributed by atoms with van der Waals surface area (Å²) in [7, 11) is 0. The number of nitrogen functional groups attached to an aromatic ring is 1. The molecule has 2 aromatic carbocycles. The third kappa shape index (κ3) is 3.22. The summed E-state index contributed by atoms with van der Waals surface area (Å²) in [6.45, 7) is 8.33. The van der Waals surface area contributed by atoms with Crippen molar-refractivity contribution in [3.63, 3.8) is 0 Å². The van der Waals surface area contributed by atoms with E-state index < -0.39 is 0 Å². The molecule has 2 N–H and O–H groups in total. The van der Waals surface area contributed by atoms with Gasteiger partial charge < -0.3 is 15.2 Å². The Morgan fingerprint density at radius 3 is 2.43 bits per heavy atom. The Bertz CT molecular complexity index is 773. The van der Waals surface area contributed by atoms with Crippen LogP contribution in [0, 0.1) is 0 Å². The lowest BCUT2D eigenvalue weighted by Gasteiger charge is -2.18. The minimum atomic E-state index is 0.595. The highest BCUT2D eigenvalue weighted by Gasteiger charge is 2.10. The molecule has 0 spiro atoms. The second-order valence-electron chi connectivity index (χ2n) is 5.72. The van der Waals surface area contributed by atoms with Crippen LogP contribution in [0.25, 0.3) is 22.2 Å². The van der Waals surface area contributed by atoms with Crippen molar-refractivity contribution in [3.8, 4) is 11.1 Å². The van der Waals surface area contributed by atoms with Gasteiger partial charge >= 0.3 is 0 Å². The molecular formula is C19H24N4. The number of aromatic nitrogens is 2. The first-order valence-corrected chi connectivity index (χ1v) is 8.26. The third-order valence-electron chi connectivity index (χ3n) is 4.42. The van der Waals surface area contributed by atoms with Crippen LogP contribution in [-0.4, -0.2) is 34.1 Å². The van der Waals surface area contributed by atoms with E-state index in [1.807, 2.05) is 6.07 Å². The molecule has 0 amide bonds. The Kier molecular flexibility index (Phi) is 4.63. The van der Waals surface area contributed by atoms with E-state index in [9.17, 15) is 0 Å². The number of likely N-dealkylation sites (N-methyl/N-ethyl adjacent to an activating group) is 1. The molecule has 0 aliphatic heterocycles. The van der Waals surface area contributed by atoms with Crippen LogP contribution in [0.4, 0.5) is 5.95 Å². The van der Waals surface area contributed by atoms with E-state index >= 15 is 0 Å². The highest BCUT2D eigenvalue weighted by Crippen LogP contribution is 2.25. The van der Waals surface area contributed by atoms with Crippen LogP contribution in [0.15, 0.2) is 48.5 Å². The summed E-state index contributed by atoms with van der Waals surface area (Å²) in [5.74, 6) is 0.595. The van der Waals surface area contributed by atoms with Crippen LogP contribution >= 0.6 is 0 Å². The number of fused-ring (bicyclic) bond motifs is 1. The van der Waals surface area contributed by atoms with E-state index in [0.717, 1.165) is 37.2 Å². The number of imidazole rings is 1. The van der Waals surface area contributed by atoms with E-state index in [4.69, 9.17) is 5.73 Å². The number of nitrogens with two attached hydrogens (primary N) is 1. The number of hydrogen-bond donors (Lipinski definition) is 1. The summed E-state index contributed by atoms with van der Waals surface area (Å²) in [6, 6.07) is 16.8. The maximum Gasteiger partial charge on any atom is 0.201 e. The van der Waals surface area contributed by atoms with E-state index in [2.05, 4.69) is 70.8 Å². The first kappa shape index (κ1) is 15.6. The molecule has 0 bridgehead atoms. The molecule has 0 atom stereocenters. The van der Waals surface area contributed by atoms with Crippen LogP contribution in [0.1, 0.15) is 13.8 Å². The molecule has 23 heavy (non-hydrogen) atoms. The van der Waals surface area contributed by atoms with Crippen molar-refractivity contribution in [1.29, 1.82) is 0 Å². The second-order valence-corrected chi connectivity index (χ2v) is 5.72. The topological polar surface area (TPSA) is 47.1 Å². The Balaban J connectivity index is 1.96. The lowest BCUT2D eigenvalue weighted by molar-refractivity contribution is 0.292. The predicted octanol–water partition coefficient (Wildman–Crippen LogP) is 3.63. The van der Waals surface area contributed by atoms with Crippen molar-refractivity contribution in [1.82, 2.24) is 14.5 Å². The number of anilines is 1. The minimum absolute atomic E-state index is 0.595. The maximum absolute atomic E-state index is 6.14.